The summed E-state index contributed by atoms with van der Waals surface area (Å²) in [6.45, 7) is 0. The molecule has 0 radical (unpaired) electrons. The van der Waals surface area contributed by atoms with Gasteiger partial charge in [0, 0.05) is 11.6 Å². The highest BCUT2D eigenvalue weighted by atomic mass is 16.5. The van der Waals surface area contributed by atoms with Crippen LogP contribution in [-0.4, -0.2) is 22.0 Å². The molecular formula is C15H16N2O2. The molecule has 4 heteroatoms. The average molecular weight is 256 g/mol. The summed E-state index contributed by atoms with van der Waals surface area (Å²) in [5, 5.41) is 0.928. The Hall–Kier alpha value is -1.97. The van der Waals surface area contributed by atoms with Crippen molar-refractivity contribution in [3.8, 4) is 0 Å². The maximum atomic E-state index is 12.1. The van der Waals surface area contributed by atoms with Crippen molar-refractivity contribution in [3.05, 3.63) is 36.3 Å². The summed E-state index contributed by atoms with van der Waals surface area (Å²) in [5.74, 6) is -0.243. The molecule has 1 aromatic heterocycles. The number of nitrogens with zero attached hydrogens (tertiary/aromatic N) is 2. The lowest BCUT2D eigenvalue weighted by Gasteiger charge is -2.21. The zero-order chi connectivity index (χ0) is 13.1. The summed E-state index contributed by atoms with van der Waals surface area (Å²) in [7, 11) is 0. The topological polar surface area (TPSA) is 52.1 Å². The van der Waals surface area contributed by atoms with Crippen LogP contribution in [0, 0.1) is 0 Å². The Morgan fingerprint density at radius 1 is 1.21 bits per heavy atom. The molecule has 0 saturated heterocycles. The first-order chi connectivity index (χ1) is 9.33. The third kappa shape index (κ3) is 2.72. The number of fused-ring (bicyclic) bond motifs is 1. The zero-order valence-electron chi connectivity index (χ0n) is 10.7. The fourth-order valence-corrected chi connectivity index (χ4v) is 2.50. The third-order valence-electron chi connectivity index (χ3n) is 3.57. The lowest BCUT2D eigenvalue weighted by atomic mass is 9.98. The van der Waals surface area contributed by atoms with Gasteiger partial charge < -0.3 is 4.74 Å². The van der Waals surface area contributed by atoms with Gasteiger partial charge in [0.15, 0.2) is 0 Å². The summed E-state index contributed by atoms with van der Waals surface area (Å²) >= 11 is 0. The average Bonchev–Trinajstić information content (AvgIpc) is 2.48. The molecule has 0 aliphatic heterocycles. The van der Waals surface area contributed by atoms with Crippen LogP contribution >= 0.6 is 0 Å². The summed E-state index contributed by atoms with van der Waals surface area (Å²) < 4.78 is 5.54. The van der Waals surface area contributed by atoms with Crippen molar-refractivity contribution >= 4 is 16.9 Å². The predicted molar refractivity (Wildman–Crippen MR) is 71.8 cm³/mol. The van der Waals surface area contributed by atoms with Crippen molar-refractivity contribution in [3.63, 3.8) is 0 Å². The highest BCUT2D eigenvalue weighted by Crippen LogP contribution is 2.22. The molecule has 0 bridgehead atoms. The fourth-order valence-electron chi connectivity index (χ4n) is 2.50. The number of esters is 1. The smallest absolute Gasteiger partial charge is 0.338 e. The number of benzene rings is 1. The molecule has 1 fully saturated rings. The van der Waals surface area contributed by atoms with Crippen LogP contribution in [0.2, 0.25) is 0 Å². The van der Waals surface area contributed by atoms with E-state index in [0.29, 0.717) is 5.56 Å². The third-order valence-corrected chi connectivity index (χ3v) is 3.57. The summed E-state index contributed by atoms with van der Waals surface area (Å²) in [4.78, 5) is 20.2. The second-order valence-electron chi connectivity index (χ2n) is 4.96. The van der Waals surface area contributed by atoms with Crippen molar-refractivity contribution in [2.75, 3.05) is 0 Å². The first kappa shape index (κ1) is 12.1. The van der Waals surface area contributed by atoms with E-state index in [9.17, 15) is 4.79 Å². The summed E-state index contributed by atoms with van der Waals surface area (Å²) in [5.41, 5.74) is 1.34. The fraction of sp³-hybridized carbons (Fsp3) is 0.400. The minimum absolute atomic E-state index is 0.0855. The maximum absolute atomic E-state index is 12.1. The largest absolute Gasteiger partial charge is 0.459 e. The van der Waals surface area contributed by atoms with Crippen molar-refractivity contribution in [1.82, 2.24) is 9.97 Å². The molecule has 98 valence electrons. The normalized spacial score (nSPS) is 16.4. The molecule has 0 N–H and O–H groups in total. The van der Waals surface area contributed by atoms with E-state index in [1.54, 1.807) is 18.3 Å². The first-order valence-corrected chi connectivity index (χ1v) is 6.74. The highest BCUT2D eigenvalue weighted by Gasteiger charge is 2.18. The monoisotopic (exact) mass is 256 g/mol. The van der Waals surface area contributed by atoms with Gasteiger partial charge >= 0.3 is 5.97 Å². The number of carbonyl (C=O) groups is 1. The van der Waals surface area contributed by atoms with E-state index >= 15 is 0 Å². The van der Waals surface area contributed by atoms with Gasteiger partial charge in [-0.1, -0.05) is 12.5 Å². The molecule has 2 aromatic rings. The van der Waals surface area contributed by atoms with E-state index in [1.165, 1.54) is 12.7 Å². The number of hydrogen-bond acceptors (Lipinski definition) is 4. The van der Waals surface area contributed by atoms with Crippen molar-refractivity contribution in [1.29, 1.82) is 0 Å². The van der Waals surface area contributed by atoms with E-state index < -0.39 is 0 Å². The van der Waals surface area contributed by atoms with E-state index in [0.717, 1.165) is 36.6 Å². The molecular weight excluding hydrogens is 240 g/mol. The van der Waals surface area contributed by atoms with Crippen LogP contribution < -0.4 is 0 Å². The Balaban J connectivity index is 1.77. The summed E-state index contributed by atoms with van der Waals surface area (Å²) in [6, 6.07) is 5.39. The van der Waals surface area contributed by atoms with Crippen LogP contribution in [0.4, 0.5) is 0 Å². The van der Waals surface area contributed by atoms with Gasteiger partial charge in [-0.25, -0.2) is 14.8 Å². The van der Waals surface area contributed by atoms with E-state index in [2.05, 4.69) is 9.97 Å². The SMILES string of the molecule is O=C(OC1CCCCC1)c1ccc2cncnc2c1. The second-order valence-corrected chi connectivity index (χ2v) is 4.96. The Morgan fingerprint density at radius 2 is 2.05 bits per heavy atom. The Kier molecular flexibility index (Phi) is 3.40. The van der Waals surface area contributed by atoms with Gasteiger partial charge in [-0.15, -0.1) is 0 Å². The van der Waals surface area contributed by atoms with Gasteiger partial charge in [0.25, 0.3) is 0 Å². The number of ether oxygens (including phenoxy) is 1. The molecule has 0 spiro atoms. The molecule has 3 rings (SSSR count). The molecule has 19 heavy (non-hydrogen) atoms. The van der Waals surface area contributed by atoms with Gasteiger partial charge in [0.05, 0.1) is 11.1 Å². The molecule has 1 heterocycles. The molecule has 0 atom stereocenters. The quantitative estimate of drug-likeness (QED) is 0.775. The van der Waals surface area contributed by atoms with Crippen LogP contribution in [0.1, 0.15) is 42.5 Å². The first-order valence-electron chi connectivity index (χ1n) is 6.74. The Labute approximate surface area is 111 Å². The Bertz CT molecular complexity index is 591. The minimum Gasteiger partial charge on any atom is -0.459 e. The number of carbonyl (C=O) groups excluding carboxylic acids is 1. The van der Waals surface area contributed by atoms with E-state index in [1.807, 2.05) is 6.07 Å². The summed E-state index contributed by atoms with van der Waals surface area (Å²) in [6.07, 6.45) is 8.84. The zero-order valence-corrected chi connectivity index (χ0v) is 10.7. The van der Waals surface area contributed by atoms with Crippen LogP contribution in [0.3, 0.4) is 0 Å². The van der Waals surface area contributed by atoms with Crippen molar-refractivity contribution in [2.45, 2.75) is 38.2 Å². The lowest BCUT2D eigenvalue weighted by Crippen LogP contribution is -2.20. The van der Waals surface area contributed by atoms with Gasteiger partial charge in [-0.3, -0.25) is 0 Å². The second kappa shape index (κ2) is 5.34. The number of hydrogen-bond donors (Lipinski definition) is 0. The number of rotatable bonds is 2. The maximum Gasteiger partial charge on any atom is 0.338 e. The van der Waals surface area contributed by atoms with Crippen LogP contribution in [0.5, 0.6) is 0 Å². The number of aromatic nitrogens is 2. The van der Waals surface area contributed by atoms with E-state index in [-0.39, 0.29) is 12.1 Å². The van der Waals surface area contributed by atoms with Gasteiger partial charge in [0.1, 0.15) is 12.4 Å². The minimum atomic E-state index is -0.243. The van der Waals surface area contributed by atoms with Crippen LogP contribution in [0.15, 0.2) is 30.7 Å². The lowest BCUT2D eigenvalue weighted by molar-refractivity contribution is 0.0211. The molecule has 0 unspecified atom stereocenters. The predicted octanol–water partition coefficient (Wildman–Crippen LogP) is 3.12. The molecule has 1 aromatic carbocycles. The molecule has 1 aliphatic rings. The molecule has 1 aliphatic carbocycles. The Morgan fingerprint density at radius 3 is 2.89 bits per heavy atom. The van der Waals surface area contributed by atoms with Crippen molar-refractivity contribution < 1.29 is 9.53 Å². The standard InChI is InChI=1S/C15H16N2O2/c18-15(19-13-4-2-1-3-5-13)11-6-7-12-9-16-10-17-14(12)8-11/h6-10,13H,1-5H2. The highest BCUT2D eigenvalue weighted by molar-refractivity contribution is 5.94. The van der Waals surface area contributed by atoms with Crippen molar-refractivity contribution in [2.24, 2.45) is 0 Å². The molecule has 4 nitrogen and oxygen atoms in total. The molecule has 0 amide bonds. The molecule has 1 saturated carbocycles. The van der Waals surface area contributed by atoms with Crippen LogP contribution in [0.25, 0.3) is 10.9 Å². The van der Waals surface area contributed by atoms with Crippen LogP contribution in [-0.2, 0) is 4.74 Å². The van der Waals surface area contributed by atoms with Gasteiger partial charge in [0.2, 0.25) is 0 Å². The van der Waals surface area contributed by atoms with E-state index in [4.69, 9.17) is 4.74 Å². The van der Waals surface area contributed by atoms with Gasteiger partial charge in [-0.05, 0) is 37.8 Å². The van der Waals surface area contributed by atoms with Gasteiger partial charge in [-0.2, -0.15) is 0 Å².